The summed E-state index contributed by atoms with van der Waals surface area (Å²) in [6.45, 7) is 2.15. The Kier molecular flexibility index (Phi) is 4.44. The van der Waals surface area contributed by atoms with Crippen LogP contribution in [0.25, 0.3) is 10.9 Å². The zero-order chi connectivity index (χ0) is 17.3. The van der Waals surface area contributed by atoms with Gasteiger partial charge in [0.25, 0.3) is 5.91 Å². The second kappa shape index (κ2) is 6.53. The van der Waals surface area contributed by atoms with Crippen LogP contribution >= 0.6 is 11.6 Å². The lowest BCUT2D eigenvalue weighted by atomic mass is 10.2. The minimum atomic E-state index is -0.431. The van der Waals surface area contributed by atoms with E-state index in [9.17, 15) is 9.18 Å². The molecule has 1 amide bonds. The smallest absolute Gasteiger partial charge is 0.273 e. The molecule has 1 aromatic heterocycles. The van der Waals surface area contributed by atoms with Crippen LogP contribution in [0.1, 0.15) is 17.4 Å². The first-order chi connectivity index (χ1) is 11.5. The molecular formula is C18H16ClFN2O2. The zero-order valence-corrected chi connectivity index (χ0v) is 14.0. The number of amides is 1. The molecule has 2 aromatic carbocycles. The number of hydrogen-bond donors (Lipinski definition) is 1. The SMILES string of the molecule is CCOc1cc(F)ccc1NC(=O)c1c(Cl)c2ccccc2n1C. The minimum absolute atomic E-state index is 0.278. The minimum Gasteiger partial charge on any atom is -0.492 e. The lowest BCUT2D eigenvalue weighted by molar-refractivity contribution is 0.101. The molecule has 0 bridgehead atoms. The Hall–Kier alpha value is -2.53. The fourth-order valence-corrected chi connectivity index (χ4v) is 3.03. The van der Waals surface area contributed by atoms with Gasteiger partial charge in [0.2, 0.25) is 0 Å². The highest BCUT2D eigenvalue weighted by molar-refractivity contribution is 6.39. The number of nitrogens with one attached hydrogen (secondary N) is 1. The molecule has 0 saturated heterocycles. The van der Waals surface area contributed by atoms with Crippen molar-refractivity contribution in [1.29, 1.82) is 0 Å². The van der Waals surface area contributed by atoms with Gasteiger partial charge in [-0.2, -0.15) is 0 Å². The molecule has 6 heteroatoms. The first kappa shape index (κ1) is 16.3. The number of benzene rings is 2. The molecule has 0 fully saturated rings. The highest BCUT2D eigenvalue weighted by Crippen LogP contribution is 2.31. The molecule has 3 rings (SSSR count). The number of carbonyl (C=O) groups excluding carboxylic acids is 1. The Morgan fingerprint density at radius 2 is 2.04 bits per heavy atom. The maximum Gasteiger partial charge on any atom is 0.273 e. The lowest BCUT2D eigenvalue weighted by Crippen LogP contribution is -2.17. The van der Waals surface area contributed by atoms with E-state index in [4.69, 9.17) is 16.3 Å². The van der Waals surface area contributed by atoms with Crippen LogP contribution in [0.4, 0.5) is 10.1 Å². The van der Waals surface area contributed by atoms with Gasteiger partial charge in [-0.05, 0) is 25.1 Å². The molecule has 0 unspecified atom stereocenters. The summed E-state index contributed by atoms with van der Waals surface area (Å²) in [5.74, 6) is -0.536. The number of rotatable bonds is 4. The average Bonchev–Trinajstić information content (AvgIpc) is 2.82. The van der Waals surface area contributed by atoms with E-state index >= 15 is 0 Å². The number of aryl methyl sites for hydroxylation is 1. The molecule has 3 aromatic rings. The number of nitrogens with zero attached hydrogens (tertiary/aromatic N) is 1. The molecule has 0 aliphatic heterocycles. The van der Waals surface area contributed by atoms with Gasteiger partial charge in [0.15, 0.2) is 0 Å². The van der Waals surface area contributed by atoms with Gasteiger partial charge in [-0.15, -0.1) is 0 Å². The topological polar surface area (TPSA) is 43.3 Å². The second-order valence-corrected chi connectivity index (χ2v) is 5.64. The highest BCUT2D eigenvalue weighted by atomic mass is 35.5. The van der Waals surface area contributed by atoms with Crippen LogP contribution in [-0.4, -0.2) is 17.1 Å². The van der Waals surface area contributed by atoms with Crippen molar-refractivity contribution in [2.75, 3.05) is 11.9 Å². The Balaban J connectivity index is 2.00. The van der Waals surface area contributed by atoms with E-state index < -0.39 is 5.82 Å². The van der Waals surface area contributed by atoms with E-state index in [1.807, 2.05) is 24.3 Å². The standard InChI is InChI=1S/C18H16ClFN2O2/c1-3-24-15-10-11(20)8-9-13(15)21-18(23)17-16(19)12-6-4-5-7-14(12)22(17)2/h4-10H,3H2,1-2H3,(H,21,23). The van der Waals surface area contributed by atoms with Crippen molar-refractivity contribution < 1.29 is 13.9 Å². The highest BCUT2D eigenvalue weighted by Gasteiger charge is 2.20. The summed E-state index contributed by atoms with van der Waals surface area (Å²) in [4.78, 5) is 12.7. The largest absolute Gasteiger partial charge is 0.492 e. The van der Waals surface area contributed by atoms with E-state index in [2.05, 4.69) is 5.32 Å². The first-order valence-electron chi connectivity index (χ1n) is 7.49. The number of carbonyl (C=O) groups is 1. The number of fused-ring (bicyclic) bond motifs is 1. The summed E-state index contributed by atoms with van der Waals surface area (Å²) in [6, 6.07) is 11.5. The van der Waals surface area contributed by atoms with Crippen LogP contribution in [-0.2, 0) is 7.05 Å². The molecule has 124 valence electrons. The maximum absolute atomic E-state index is 13.4. The maximum atomic E-state index is 13.4. The number of anilines is 1. The summed E-state index contributed by atoms with van der Waals surface area (Å²) in [6.07, 6.45) is 0. The summed E-state index contributed by atoms with van der Waals surface area (Å²) in [5.41, 5.74) is 1.59. The van der Waals surface area contributed by atoms with Gasteiger partial charge < -0.3 is 14.6 Å². The Labute approximate surface area is 143 Å². The summed E-state index contributed by atoms with van der Waals surface area (Å²) < 4.78 is 20.5. The van der Waals surface area contributed by atoms with Crippen LogP contribution in [0.5, 0.6) is 5.75 Å². The van der Waals surface area contributed by atoms with E-state index in [0.717, 1.165) is 10.9 Å². The first-order valence-corrected chi connectivity index (χ1v) is 7.87. The predicted molar refractivity (Wildman–Crippen MR) is 93.5 cm³/mol. The molecule has 0 atom stereocenters. The lowest BCUT2D eigenvalue weighted by Gasteiger charge is -2.12. The third-order valence-corrected chi connectivity index (χ3v) is 4.13. The van der Waals surface area contributed by atoms with Gasteiger partial charge in [-0.25, -0.2) is 4.39 Å². The van der Waals surface area contributed by atoms with Crippen molar-refractivity contribution in [2.45, 2.75) is 6.92 Å². The van der Waals surface area contributed by atoms with E-state index in [1.165, 1.54) is 18.2 Å². The van der Waals surface area contributed by atoms with Crippen molar-refractivity contribution in [2.24, 2.45) is 7.05 Å². The van der Waals surface area contributed by atoms with E-state index in [-0.39, 0.29) is 11.7 Å². The van der Waals surface area contributed by atoms with Crippen molar-refractivity contribution >= 4 is 34.1 Å². The summed E-state index contributed by atoms with van der Waals surface area (Å²) >= 11 is 6.38. The Morgan fingerprint density at radius 1 is 1.29 bits per heavy atom. The third kappa shape index (κ3) is 2.83. The van der Waals surface area contributed by atoms with Crippen LogP contribution in [0.15, 0.2) is 42.5 Å². The zero-order valence-electron chi connectivity index (χ0n) is 13.3. The average molecular weight is 347 g/mol. The van der Waals surface area contributed by atoms with Crippen LogP contribution in [0, 0.1) is 5.82 Å². The second-order valence-electron chi connectivity index (χ2n) is 5.27. The molecule has 0 aliphatic carbocycles. The van der Waals surface area contributed by atoms with Gasteiger partial charge in [0, 0.05) is 24.0 Å². The number of halogens is 2. The quantitative estimate of drug-likeness (QED) is 0.749. The van der Waals surface area contributed by atoms with Crippen molar-refractivity contribution in [3.63, 3.8) is 0 Å². The molecule has 0 saturated carbocycles. The number of para-hydroxylation sites is 1. The predicted octanol–water partition coefficient (Wildman–Crippen LogP) is 4.62. The monoisotopic (exact) mass is 346 g/mol. The third-order valence-electron chi connectivity index (χ3n) is 3.75. The molecule has 4 nitrogen and oxygen atoms in total. The molecular weight excluding hydrogens is 331 g/mol. The number of hydrogen-bond acceptors (Lipinski definition) is 2. The molecule has 0 spiro atoms. The summed E-state index contributed by atoms with van der Waals surface area (Å²) in [5, 5.41) is 3.93. The number of aromatic nitrogens is 1. The van der Waals surface area contributed by atoms with Crippen LogP contribution in [0.3, 0.4) is 0 Å². The van der Waals surface area contributed by atoms with Crippen molar-refractivity contribution in [3.05, 3.63) is 59.0 Å². The fourth-order valence-electron chi connectivity index (χ4n) is 2.65. The van der Waals surface area contributed by atoms with E-state index in [0.29, 0.717) is 23.0 Å². The Bertz CT molecular complexity index is 882. The molecule has 1 N–H and O–H groups in total. The van der Waals surface area contributed by atoms with Gasteiger partial charge in [0.1, 0.15) is 17.3 Å². The fraction of sp³-hybridized carbons (Fsp3) is 0.167. The van der Waals surface area contributed by atoms with Crippen LogP contribution < -0.4 is 10.1 Å². The van der Waals surface area contributed by atoms with Gasteiger partial charge >= 0.3 is 0 Å². The molecule has 24 heavy (non-hydrogen) atoms. The number of ether oxygens (including phenoxy) is 1. The normalized spacial score (nSPS) is 10.8. The summed E-state index contributed by atoms with van der Waals surface area (Å²) in [7, 11) is 1.78. The van der Waals surface area contributed by atoms with E-state index in [1.54, 1.807) is 18.5 Å². The van der Waals surface area contributed by atoms with Gasteiger partial charge in [0.05, 0.1) is 17.3 Å². The van der Waals surface area contributed by atoms with Crippen molar-refractivity contribution in [3.8, 4) is 5.75 Å². The van der Waals surface area contributed by atoms with Crippen LogP contribution in [0.2, 0.25) is 5.02 Å². The van der Waals surface area contributed by atoms with Crippen molar-refractivity contribution in [1.82, 2.24) is 4.57 Å². The Morgan fingerprint density at radius 3 is 2.75 bits per heavy atom. The van der Waals surface area contributed by atoms with Gasteiger partial charge in [-0.1, -0.05) is 29.8 Å². The molecule has 1 heterocycles. The molecule has 0 aliphatic rings. The van der Waals surface area contributed by atoms with Gasteiger partial charge in [-0.3, -0.25) is 4.79 Å². The molecule has 0 radical (unpaired) electrons.